The van der Waals surface area contributed by atoms with Gasteiger partial charge in [0.15, 0.2) is 5.78 Å². The summed E-state index contributed by atoms with van der Waals surface area (Å²) in [5.41, 5.74) is 0.725. The fourth-order valence-electron chi connectivity index (χ4n) is 1.12. The summed E-state index contributed by atoms with van der Waals surface area (Å²) in [6.07, 6.45) is 0.417. The van der Waals surface area contributed by atoms with Crippen molar-refractivity contribution in [2.45, 2.75) is 13.3 Å². The number of oxime groups is 1. The number of carbonyl (C=O) groups is 1. The minimum absolute atomic E-state index is 0.0488. The van der Waals surface area contributed by atoms with Crippen LogP contribution in [0.15, 0.2) is 35.5 Å². The highest BCUT2D eigenvalue weighted by atomic mass is 16.4. The van der Waals surface area contributed by atoms with Gasteiger partial charge in [-0.1, -0.05) is 37.3 Å². The number of rotatable bonds is 4. The van der Waals surface area contributed by atoms with Gasteiger partial charge in [0.2, 0.25) is 0 Å². The predicted molar refractivity (Wildman–Crippen MR) is 63.0 cm³/mol. The molecule has 1 aromatic rings. The van der Waals surface area contributed by atoms with Crippen LogP contribution in [0, 0.1) is 5.92 Å². The topological polar surface area (TPSA) is 69.9 Å². The molecular formula is C12H17NO3. The highest BCUT2D eigenvalue weighted by Crippen LogP contribution is 2.08. The monoisotopic (exact) mass is 223 g/mol. The van der Waals surface area contributed by atoms with Crippen molar-refractivity contribution in [1.82, 2.24) is 0 Å². The van der Waals surface area contributed by atoms with Gasteiger partial charge in [0, 0.05) is 25.3 Å². The maximum atomic E-state index is 11.5. The van der Waals surface area contributed by atoms with Gasteiger partial charge >= 0.3 is 0 Å². The van der Waals surface area contributed by atoms with E-state index in [-0.39, 0.29) is 18.3 Å². The third kappa shape index (κ3) is 5.93. The summed E-state index contributed by atoms with van der Waals surface area (Å²) in [5.74, 6) is 0.148. The molecule has 0 fully saturated rings. The first-order chi connectivity index (χ1) is 7.65. The van der Waals surface area contributed by atoms with E-state index in [4.69, 9.17) is 10.3 Å². The second-order valence-corrected chi connectivity index (χ2v) is 3.42. The second kappa shape index (κ2) is 8.61. The number of aliphatic hydroxyl groups is 1. The molecule has 0 amide bonds. The quantitative estimate of drug-likeness (QED) is 0.355. The summed E-state index contributed by atoms with van der Waals surface area (Å²) >= 11 is 0. The third-order valence-electron chi connectivity index (χ3n) is 1.94. The van der Waals surface area contributed by atoms with Crippen molar-refractivity contribution in [2.75, 3.05) is 6.61 Å². The van der Waals surface area contributed by atoms with E-state index in [9.17, 15) is 4.79 Å². The van der Waals surface area contributed by atoms with Crippen LogP contribution in [-0.2, 0) is 0 Å². The molecule has 88 valence electrons. The van der Waals surface area contributed by atoms with E-state index in [2.05, 4.69) is 11.9 Å². The minimum atomic E-state index is 0.0488. The largest absolute Gasteiger partial charge is 0.411 e. The molecule has 0 bridgehead atoms. The SMILES string of the molecule is C=NO.CC(CO)CC(=O)c1ccccc1. The fraction of sp³-hybridized carbons (Fsp3) is 0.333. The first-order valence-electron chi connectivity index (χ1n) is 4.94. The molecule has 1 unspecified atom stereocenters. The number of Topliss-reactive ketones (excluding diaryl/α,β-unsaturated/α-hetero) is 1. The highest BCUT2D eigenvalue weighted by molar-refractivity contribution is 5.96. The van der Waals surface area contributed by atoms with E-state index >= 15 is 0 Å². The lowest BCUT2D eigenvalue weighted by molar-refractivity contribution is 0.0943. The molecule has 4 nitrogen and oxygen atoms in total. The summed E-state index contributed by atoms with van der Waals surface area (Å²) in [4.78, 5) is 11.5. The van der Waals surface area contributed by atoms with Gasteiger partial charge < -0.3 is 10.3 Å². The van der Waals surface area contributed by atoms with Crippen LogP contribution in [0.25, 0.3) is 0 Å². The zero-order valence-electron chi connectivity index (χ0n) is 9.34. The van der Waals surface area contributed by atoms with Gasteiger partial charge in [-0.15, -0.1) is 5.16 Å². The standard InChI is InChI=1S/C11H14O2.CH3NO/c1-9(8-12)7-11(13)10-5-3-2-4-6-10;1-2-3/h2-6,9,12H,7-8H2,1H3;3H,1H2. The van der Waals surface area contributed by atoms with Crippen LogP contribution in [0.4, 0.5) is 0 Å². The number of benzene rings is 1. The van der Waals surface area contributed by atoms with Crippen LogP contribution in [0.2, 0.25) is 0 Å². The van der Waals surface area contributed by atoms with Crippen molar-refractivity contribution in [3.8, 4) is 0 Å². The number of hydrogen-bond acceptors (Lipinski definition) is 4. The van der Waals surface area contributed by atoms with Crippen molar-refractivity contribution in [3.05, 3.63) is 35.9 Å². The molecule has 0 aliphatic heterocycles. The van der Waals surface area contributed by atoms with Gasteiger partial charge in [-0.25, -0.2) is 0 Å². The van der Waals surface area contributed by atoms with E-state index in [1.807, 2.05) is 25.1 Å². The summed E-state index contributed by atoms with van der Waals surface area (Å²) in [5, 5.41) is 18.1. The molecule has 4 heteroatoms. The third-order valence-corrected chi connectivity index (χ3v) is 1.94. The van der Waals surface area contributed by atoms with Crippen LogP contribution in [0.1, 0.15) is 23.7 Å². The van der Waals surface area contributed by atoms with Crippen molar-refractivity contribution >= 4 is 12.5 Å². The molecule has 2 N–H and O–H groups in total. The molecular weight excluding hydrogens is 206 g/mol. The van der Waals surface area contributed by atoms with Gasteiger partial charge in [0.05, 0.1) is 0 Å². The van der Waals surface area contributed by atoms with Crippen molar-refractivity contribution in [3.63, 3.8) is 0 Å². The number of aliphatic hydroxyl groups excluding tert-OH is 1. The number of ketones is 1. The predicted octanol–water partition coefficient (Wildman–Crippen LogP) is 1.96. The summed E-state index contributed by atoms with van der Waals surface area (Å²) < 4.78 is 0. The second-order valence-electron chi connectivity index (χ2n) is 3.42. The molecule has 0 spiro atoms. The fourth-order valence-corrected chi connectivity index (χ4v) is 1.12. The lowest BCUT2D eigenvalue weighted by Crippen LogP contribution is -2.08. The molecule has 0 aromatic heterocycles. The molecule has 1 atom stereocenters. The zero-order valence-corrected chi connectivity index (χ0v) is 9.34. The molecule has 1 rings (SSSR count). The normalized spacial score (nSPS) is 10.9. The zero-order chi connectivity index (χ0) is 12.4. The van der Waals surface area contributed by atoms with Gasteiger partial charge in [-0.3, -0.25) is 4.79 Å². The highest BCUT2D eigenvalue weighted by Gasteiger charge is 2.09. The Labute approximate surface area is 95.2 Å². The minimum Gasteiger partial charge on any atom is -0.411 e. The van der Waals surface area contributed by atoms with Gasteiger partial charge in [-0.05, 0) is 5.92 Å². The van der Waals surface area contributed by atoms with E-state index < -0.39 is 0 Å². The Bertz CT molecular complexity index is 311. The first kappa shape index (κ1) is 14.3. The molecule has 16 heavy (non-hydrogen) atoms. The lowest BCUT2D eigenvalue weighted by atomic mass is 10.0. The summed E-state index contributed by atoms with van der Waals surface area (Å²) in [6, 6.07) is 9.17. The van der Waals surface area contributed by atoms with Gasteiger partial charge in [0.25, 0.3) is 0 Å². The first-order valence-corrected chi connectivity index (χ1v) is 4.94. The summed E-state index contributed by atoms with van der Waals surface area (Å²) in [6.45, 7) is 4.60. The average Bonchev–Trinajstić information content (AvgIpc) is 2.31. The Morgan fingerprint density at radius 2 is 1.94 bits per heavy atom. The van der Waals surface area contributed by atoms with Crippen LogP contribution < -0.4 is 0 Å². The number of carbonyl (C=O) groups excluding carboxylic acids is 1. The Morgan fingerprint density at radius 1 is 1.44 bits per heavy atom. The van der Waals surface area contributed by atoms with Crippen LogP contribution in [0.3, 0.4) is 0 Å². The maximum Gasteiger partial charge on any atom is 0.163 e. The van der Waals surface area contributed by atoms with E-state index in [0.29, 0.717) is 6.42 Å². The van der Waals surface area contributed by atoms with Crippen LogP contribution in [0.5, 0.6) is 0 Å². The smallest absolute Gasteiger partial charge is 0.163 e. The van der Waals surface area contributed by atoms with Crippen molar-refractivity contribution in [1.29, 1.82) is 0 Å². The van der Waals surface area contributed by atoms with Crippen molar-refractivity contribution < 1.29 is 15.1 Å². The van der Waals surface area contributed by atoms with Gasteiger partial charge in [0.1, 0.15) is 0 Å². The Balaban J connectivity index is 0.000000673. The Morgan fingerprint density at radius 3 is 2.38 bits per heavy atom. The molecule has 0 aliphatic carbocycles. The van der Waals surface area contributed by atoms with E-state index in [1.54, 1.807) is 12.1 Å². The molecule has 0 saturated carbocycles. The Kier molecular flexibility index (Phi) is 7.71. The molecule has 0 heterocycles. The Hall–Kier alpha value is -1.68. The molecule has 0 radical (unpaired) electrons. The molecule has 1 aromatic carbocycles. The number of hydrogen-bond donors (Lipinski definition) is 2. The molecule has 0 saturated heterocycles. The number of nitrogens with zero attached hydrogens (tertiary/aromatic N) is 1. The van der Waals surface area contributed by atoms with Crippen LogP contribution in [-0.4, -0.2) is 29.4 Å². The van der Waals surface area contributed by atoms with Gasteiger partial charge in [-0.2, -0.15) is 0 Å². The average molecular weight is 223 g/mol. The van der Waals surface area contributed by atoms with E-state index in [1.165, 1.54) is 0 Å². The lowest BCUT2D eigenvalue weighted by Gasteiger charge is -2.05. The van der Waals surface area contributed by atoms with E-state index in [0.717, 1.165) is 5.56 Å². The van der Waals surface area contributed by atoms with Crippen molar-refractivity contribution in [2.24, 2.45) is 11.1 Å². The molecule has 0 aliphatic rings. The maximum absolute atomic E-state index is 11.5. The summed E-state index contributed by atoms with van der Waals surface area (Å²) in [7, 11) is 0. The van der Waals surface area contributed by atoms with Crippen LogP contribution >= 0.6 is 0 Å².